The van der Waals surface area contributed by atoms with E-state index in [-0.39, 0.29) is 17.9 Å². The molecule has 0 bridgehead atoms. The highest BCUT2D eigenvalue weighted by Crippen LogP contribution is 2.33. The molecule has 0 saturated carbocycles. The van der Waals surface area contributed by atoms with Crippen LogP contribution in [0.5, 0.6) is 0 Å². The van der Waals surface area contributed by atoms with Crippen molar-refractivity contribution in [2.45, 2.75) is 37.6 Å². The van der Waals surface area contributed by atoms with Crippen LogP contribution in [-0.4, -0.2) is 35.0 Å². The van der Waals surface area contributed by atoms with Gasteiger partial charge in [-0.15, -0.1) is 0 Å². The number of fused-ring (bicyclic) bond motifs is 1. The van der Waals surface area contributed by atoms with Crippen LogP contribution in [0.15, 0.2) is 42.9 Å². The maximum atomic E-state index is 12.7. The molecule has 2 heterocycles. The summed E-state index contributed by atoms with van der Waals surface area (Å²) in [6.45, 7) is 1.82. The second kappa shape index (κ2) is 6.59. The number of benzene rings is 1. The first-order valence-corrected chi connectivity index (χ1v) is 8.70. The van der Waals surface area contributed by atoms with Crippen LogP contribution < -0.4 is 10.2 Å². The fraction of sp³-hybridized carbons (Fsp3) is 0.421. The molecule has 4 rings (SSSR count). The first kappa shape index (κ1) is 15.1. The normalized spacial score (nSPS) is 20.7. The van der Waals surface area contributed by atoms with Crippen molar-refractivity contribution in [1.82, 2.24) is 15.3 Å². The Kier molecular flexibility index (Phi) is 4.15. The van der Waals surface area contributed by atoms with Gasteiger partial charge in [0.05, 0.1) is 12.1 Å². The van der Waals surface area contributed by atoms with Crippen LogP contribution in [0.3, 0.4) is 0 Å². The van der Waals surface area contributed by atoms with Crippen LogP contribution in [0.4, 0.5) is 5.82 Å². The summed E-state index contributed by atoms with van der Waals surface area (Å²) in [6.07, 6.45) is 9.07. The molecule has 1 unspecified atom stereocenters. The van der Waals surface area contributed by atoms with Crippen LogP contribution in [0.2, 0.25) is 0 Å². The number of carbonyl (C=O) groups is 1. The summed E-state index contributed by atoms with van der Waals surface area (Å²) in [4.78, 5) is 23.4. The number of anilines is 1. The number of piperidine rings is 1. The van der Waals surface area contributed by atoms with E-state index in [9.17, 15) is 4.79 Å². The molecular weight excluding hydrogens is 300 g/mol. The number of amides is 1. The summed E-state index contributed by atoms with van der Waals surface area (Å²) in [5.41, 5.74) is 2.54. The predicted molar refractivity (Wildman–Crippen MR) is 92.9 cm³/mol. The zero-order valence-electron chi connectivity index (χ0n) is 13.7. The van der Waals surface area contributed by atoms with E-state index in [1.807, 2.05) is 6.07 Å². The molecule has 1 N–H and O–H groups in total. The zero-order chi connectivity index (χ0) is 16.4. The summed E-state index contributed by atoms with van der Waals surface area (Å²) in [7, 11) is 0. The number of nitrogens with one attached hydrogen (secondary N) is 1. The van der Waals surface area contributed by atoms with Gasteiger partial charge in [0.1, 0.15) is 5.82 Å². The van der Waals surface area contributed by atoms with Gasteiger partial charge in [0.25, 0.3) is 0 Å². The Balaban J connectivity index is 1.34. The average Bonchev–Trinajstić information content (AvgIpc) is 3.07. The van der Waals surface area contributed by atoms with Crippen molar-refractivity contribution < 1.29 is 4.79 Å². The van der Waals surface area contributed by atoms with Crippen LogP contribution in [0, 0.1) is 0 Å². The van der Waals surface area contributed by atoms with Gasteiger partial charge >= 0.3 is 0 Å². The fourth-order valence-electron chi connectivity index (χ4n) is 3.84. The Labute approximate surface area is 142 Å². The van der Waals surface area contributed by atoms with Gasteiger partial charge in [0, 0.05) is 31.5 Å². The quantitative estimate of drug-likeness (QED) is 0.942. The lowest BCUT2D eigenvalue weighted by Crippen LogP contribution is -2.46. The molecule has 1 amide bonds. The van der Waals surface area contributed by atoms with E-state index in [2.05, 4.69) is 38.4 Å². The third kappa shape index (κ3) is 2.98. The second-order valence-electron chi connectivity index (χ2n) is 6.62. The van der Waals surface area contributed by atoms with Crippen molar-refractivity contribution in [2.24, 2.45) is 0 Å². The number of nitrogens with zero attached hydrogens (tertiary/aromatic N) is 3. The van der Waals surface area contributed by atoms with Gasteiger partial charge in [0.2, 0.25) is 5.91 Å². The number of hydrogen-bond acceptors (Lipinski definition) is 4. The van der Waals surface area contributed by atoms with E-state index in [1.54, 1.807) is 18.6 Å². The Bertz CT molecular complexity index is 710. The number of carbonyl (C=O) groups excluding carboxylic acids is 1. The third-order valence-corrected chi connectivity index (χ3v) is 5.16. The molecular formula is C19H22N4O. The lowest BCUT2D eigenvalue weighted by atomic mass is 9.98. The first-order valence-electron chi connectivity index (χ1n) is 8.70. The predicted octanol–water partition coefficient (Wildman–Crippen LogP) is 2.29. The highest BCUT2D eigenvalue weighted by Gasteiger charge is 2.30. The van der Waals surface area contributed by atoms with Crippen LogP contribution in [0.1, 0.15) is 36.3 Å². The molecule has 2 aromatic rings. The minimum atomic E-state index is 0.0271. The largest absolute Gasteiger partial charge is 0.355 e. The van der Waals surface area contributed by atoms with Crippen LogP contribution in [-0.2, 0) is 11.2 Å². The molecule has 1 atom stereocenters. The minimum absolute atomic E-state index is 0.0271. The maximum absolute atomic E-state index is 12.7. The van der Waals surface area contributed by atoms with Gasteiger partial charge in [-0.1, -0.05) is 24.3 Å². The van der Waals surface area contributed by atoms with E-state index >= 15 is 0 Å². The lowest BCUT2D eigenvalue weighted by molar-refractivity contribution is -0.123. The molecule has 1 fully saturated rings. The molecule has 1 saturated heterocycles. The SMILES string of the molecule is O=C(NC1CCN(c2cnccn2)CC1)C1CCc2ccccc21. The topological polar surface area (TPSA) is 58.1 Å². The van der Waals surface area contributed by atoms with E-state index in [0.29, 0.717) is 0 Å². The van der Waals surface area contributed by atoms with Crippen molar-refractivity contribution in [1.29, 1.82) is 0 Å². The zero-order valence-corrected chi connectivity index (χ0v) is 13.7. The van der Waals surface area contributed by atoms with Gasteiger partial charge in [-0.2, -0.15) is 0 Å². The fourth-order valence-corrected chi connectivity index (χ4v) is 3.84. The van der Waals surface area contributed by atoms with E-state index in [1.165, 1.54) is 11.1 Å². The molecule has 5 heteroatoms. The smallest absolute Gasteiger partial charge is 0.227 e. The van der Waals surface area contributed by atoms with Crippen LogP contribution in [0.25, 0.3) is 0 Å². The molecule has 1 aliphatic heterocycles. The third-order valence-electron chi connectivity index (χ3n) is 5.16. The summed E-state index contributed by atoms with van der Waals surface area (Å²) >= 11 is 0. The van der Waals surface area contributed by atoms with Gasteiger partial charge in [0.15, 0.2) is 0 Å². The average molecular weight is 322 g/mol. The van der Waals surface area contributed by atoms with Gasteiger partial charge in [-0.05, 0) is 36.8 Å². The Morgan fingerprint density at radius 2 is 1.96 bits per heavy atom. The minimum Gasteiger partial charge on any atom is -0.355 e. The monoisotopic (exact) mass is 322 g/mol. The molecule has 1 aliphatic carbocycles. The molecule has 2 aliphatic rings. The first-order chi connectivity index (χ1) is 11.8. The Hall–Kier alpha value is -2.43. The van der Waals surface area contributed by atoms with Crippen LogP contribution >= 0.6 is 0 Å². The van der Waals surface area contributed by atoms with E-state index in [4.69, 9.17) is 0 Å². The number of aromatic nitrogens is 2. The molecule has 124 valence electrons. The Morgan fingerprint density at radius 1 is 1.12 bits per heavy atom. The highest BCUT2D eigenvalue weighted by atomic mass is 16.1. The van der Waals surface area contributed by atoms with Crippen molar-refractivity contribution >= 4 is 11.7 Å². The van der Waals surface area contributed by atoms with E-state index in [0.717, 1.165) is 44.6 Å². The van der Waals surface area contributed by atoms with Gasteiger partial charge in [-0.3, -0.25) is 9.78 Å². The molecule has 1 aromatic carbocycles. The van der Waals surface area contributed by atoms with E-state index < -0.39 is 0 Å². The van der Waals surface area contributed by atoms with Gasteiger partial charge < -0.3 is 10.2 Å². The van der Waals surface area contributed by atoms with Crippen molar-refractivity contribution in [3.63, 3.8) is 0 Å². The lowest BCUT2D eigenvalue weighted by Gasteiger charge is -2.33. The summed E-state index contributed by atoms with van der Waals surface area (Å²) in [5, 5.41) is 3.27. The van der Waals surface area contributed by atoms with Gasteiger partial charge in [-0.25, -0.2) is 4.98 Å². The summed E-state index contributed by atoms with van der Waals surface area (Å²) in [5.74, 6) is 1.14. The maximum Gasteiger partial charge on any atom is 0.227 e. The molecule has 1 aromatic heterocycles. The second-order valence-corrected chi connectivity index (χ2v) is 6.62. The van der Waals surface area contributed by atoms with Crippen molar-refractivity contribution in [3.05, 3.63) is 54.0 Å². The summed E-state index contributed by atoms with van der Waals surface area (Å²) < 4.78 is 0. The van der Waals surface area contributed by atoms with Crippen molar-refractivity contribution in [3.8, 4) is 0 Å². The molecule has 0 spiro atoms. The highest BCUT2D eigenvalue weighted by molar-refractivity contribution is 5.85. The number of aryl methyl sites for hydroxylation is 1. The number of rotatable bonds is 3. The molecule has 5 nitrogen and oxygen atoms in total. The summed E-state index contributed by atoms with van der Waals surface area (Å²) in [6, 6.07) is 8.59. The molecule has 24 heavy (non-hydrogen) atoms. The van der Waals surface area contributed by atoms with Crippen molar-refractivity contribution in [2.75, 3.05) is 18.0 Å². The Morgan fingerprint density at radius 3 is 2.75 bits per heavy atom. The number of hydrogen-bond donors (Lipinski definition) is 1. The standard InChI is InChI=1S/C19H22N4O/c24-19(17-6-5-14-3-1-2-4-16(14)17)22-15-7-11-23(12-8-15)18-13-20-9-10-21-18/h1-4,9-10,13,15,17H,5-8,11-12H2,(H,22,24). The molecule has 0 radical (unpaired) electrons.